The molecule has 0 unspecified atom stereocenters. The molecule has 1 nitrogen and oxygen atoms in total. The van der Waals surface area contributed by atoms with E-state index in [-0.39, 0.29) is 5.41 Å². The molecule has 12 rings (SSSR count). The van der Waals surface area contributed by atoms with Crippen LogP contribution in [0, 0.1) is 0 Å². The molecule has 0 amide bonds. The molecule has 1 heterocycles. The fourth-order valence-electron chi connectivity index (χ4n) is 10.3. The monoisotopic (exact) mass is 712 g/mol. The highest BCUT2D eigenvalue weighted by molar-refractivity contribution is 6.24. The van der Waals surface area contributed by atoms with Crippen LogP contribution in [0.25, 0.3) is 110 Å². The van der Waals surface area contributed by atoms with Gasteiger partial charge in [0.1, 0.15) is 11.2 Å². The van der Waals surface area contributed by atoms with E-state index >= 15 is 0 Å². The molecular formula is C55H36O. The maximum Gasteiger partial charge on any atom is 0.135 e. The van der Waals surface area contributed by atoms with Crippen molar-refractivity contribution in [3.05, 3.63) is 193 Å². The lowest BCUT2D eigenvalue weighted by atomic mass is 9.75. The molecular weight excluding hydrogens is 677 g/mol. The van der Waals surface area contributed by atoms with Gasteiger partial charge < -0.3 is 4.42 Å². The van der Waals surface area contributed by atoms with Gasteiger partial charge in [0.25, 0.3) is 0 Å². The summed E-state index contributed by atoms with van der Waals surface area (Å²) in [6.45, 7) is 4.88. The third-order valence-electron chi connectivity index (χ3n) is 12.6. The van der Waals surface area contributed by atoms with Crippen molar-refractivity contribution in [1.82, 2.24) is 0 Å². The molecule has 1 aromatic heterocycles. The molecule has 1 aliphatic carbocycles. The average molecular weight is 713 g/mol. The highest BCUT2D eigenvalue weighted by atomic mass is 16.3. The van der Waals surface area contributed by atoms with Crippen LogP contribution in [0.1, 0.15) is 25.0 Å². The lowest BCUT2D eigenvalue weighted by molar-refractivity contribution is 0.668. The maximum atomic E-state index is 6.18. The van der Waals surface area contributed by atoms with Crippen LogP contribution in [0.3, 0.4) is 0 Å². The summed E-state index contributed by atoms with van der Waals surface area (Å²) in [6, 6.07) is 67.1. The van der Waals surface area contributed by atoms with E-state index in [2.05, 4.69) is 184 Å². The second-order valence-corrected chi connectivity index (χ2v) is 15.9. The highest BCUT2D eigenvalue weighted by Crippen LogP contribution is 2.58. The van der Waals surface area contributed by atoms with E-state index in [9.17, 15) is 0 Å². The van der Waals surface area contributed by atoms with E-state index in [1.165, 1.54) is 98.7 Å². The first kappa shape index (κ1) is 31.4. The summed E-state index contributed by atoms with van der Waals surface area (Å²) in [5.41, 5.74) is 14.6. The molecule has 11 aromatic rings. The Kier molecular flexibility index (Phi) is 6.46. The Morgan fingerprint density at radius 3 is 1.45 bits per heavy atom. The summed E-state index contributed by atoms with van der Waals surface area (Å²) in [5, 5.41) is 12.7. The lowest BCUT2D eigenvalue weighted by Crippen LogP contribution is -2.17. The standard InChI is InChI=1S/C55H36O/c1-55(2)53-45(26-14-27-46(53)52-39-20-5-3-17-36(39)37-18-4-10-25-44(37)54(52)55)51-42-23-8-6-21-40(42)50(41-22-7-9-24-43(41)51)35-16-13-15-33(31-35)34-29-30-49-47(32-34)38-19-11-12-28-48(38)56-49/h3-32H,1-2H3. The summed E-state index contributed by atoms with van der Waals surface area (Å²) in [7, 11) is 0. The Hall–Kier alpha value is -6.96. The van der Waals surface area contributed by atoms with Crippen LogP contribution in [0.4, 0.5) is 0 Å². The van der Waals surface area contributed by atoms with Crippen molar-refractivity contribution < 1.29 is 4.42 Å². The molecule has 0 atom stereocenters. The summed E-state index contributed by atoms with van der Waals surface area (Å²) in [6.07, 6.45) is 0. The number of benzene rings is 10. The summed E-state index contributed by atoms with van der Waals surface area (Å²) in [4.78, 5) is 0. The van der Waals surface area contributed by atoms with Crippen LogP contribution in [0.15, 0.2) is 186 Å². The van der Waals surface area contributed by atoms with Crippen LogP contribution in [-0.4, -0.2) is 0 Å². The number of hydrogen-bond acceptors (Lipinski definition) is 1. The van der Waals surface area contributed by atoms with Crippen molar-refractivity contribution in [2.24, 2.45) is 0 Å². The van der Waals surface area contributed by atoms with Crippen LogP contribution >= 0.6 is 0 Å². The maximum absolute atomic E-state index is 6.18. The van der Waals surface area contributed by atoms with Gasteiger partial charge in [-0.3, -0.25) is 0 Å². The largest absolute Gasteiger partial charge is 0.456 e. The van der Waals surface area contributed by atoms with Gasteiger partial charge in [0.2, 0.25) is 0 Å². The molecule has 0 aliphatic heterocycles. The number of rotatable bonds is 3. The molecule has 0 saturated heterocycles. The predicted molar refractivity (Wildman–Crippen MR) is 238 cm³/mol. The second-order valence-electron chi connectivity index (χ2n) is 15.9. The third-order valence-corrected chi connectivity index (χ3v) is 12.6. The smallest absolute Gasteiger partial charge is 0.135 e. The van der Waals surface area contributed by atoms with Gasteiger partial charge in [0, 0.05) is 16.2 Å². The Bertz CT molecular complexity index is 3390. The van der Waals surface area contributed by atoms with Crippen molar-refractivity contribution in [2.75, 3.05) is 0 Å². The zero-order valence-corrected chi connectivity index (χ0v) is 31.2. The Morgan fingerprint density at radius 1 is 0.304 bits per heavy atom. The van der Waals surface area contributed by atoms with Gasteiger partial charge in [-0.05, 0) is 123 Å². The highest BCUT2D eigenvalue weighted by Gasteiger charge is 2.40. The fourth-order valence-corrected chi connectivity index (χ4v) is 10.3. The van der Waals surface area contributed by atoms with Gasteiger partial charge in [-0.15, -0.1) is 0 Å². The molecule has 10 aromatic carbocycles. The lowest BCUT2D eigenvalue weighted by Gasteiger charge is -2.27. The first-order valence-electron chi connectivity index (χ1n) is 19.6. The molecule has 0 fully saturated rings. The van der Waals surface area contributed by atoms with E-state index in [0.29, 0.717) is 0 Å². The van der Waals surface area contributed by atoms with E-state index in [4.69, 9.17) is 4.42 Å². The van der Waals surface area contributed by atoms with Crippen LogP contribution in [-0.2, 0) is 5.41 Å². The number of fused-ring (bicyclic) bond motifs is 13. The number of hydrogen-bond donors (Lipinski definition) is 0. The first-order chi connectivity index (χ1) is 27.6. The quantitative estimate of drug-likeness (QED) is 0.131. The summed E-state index contributed by atoms with van der Waals surface area (Å²) < 4.78 is 6.18. The van der Waals surface area contributed by atoms with Crippen LogP contribution in [0.2, 0.25) is 0 Å². The minimum atomic E-state index is -0.235. The topological polar surface area (TPSA) is 13.1 Å². The minimum Gasteiger partial charge on any atom is -0.456 e. The van der Waals surface area contributed by atoms with Crippen molar-refractivity contribution in [3.63, 3.8) is 0 Å². The Morgan fingerprint density at radius 2 is 0.768 bits per heavy atom. The van der Waals surface area contributed by atoms with Crippen molar-refractivity contribution >= 4 is 65.0 Å². The van der Waals surface area contributed by atoms with Crippen LogP contribution < -0.4 is 0 Å². The molecule has 0 N–H and O–H groups in total. The normalized spacial score (nSPS) is 13.3. The summed E-state index contributed by atoms with van der Waals surface area (Å²) in [5.74, 6) is 0. The van der Waals surface area contributed by atoms with Crippen molar-refractivity contribution in [3.8, 4) is 44.5 Å². The molecule has 262 valence electrons. The molecule has 1 heteroatoms. The molecule has 56 heavy (non-hydrogen) atoms. The minimum absolute atomic E-state index is 0.235. The second kappa shape index (κ2) is 11.5. The van der Waals surface area contributed by atoms with Crippen molar-refractivity contribution in [2.45, 2.75) is 19.3 Å². The van der Waals surface area contributed by atoms with Gasteiger partial charge in [0.05, 0.1) is 0 Å². The van der Waals surface area contributed by atoms with Crippen molar-refractivity contribution in [1.29, 1.82) is 0 Å². The molecule has 0 radical (unpaired) electrons. The van der Waals surface area contributed by atoms with Gasteiger partial charge in [-0.1, -0.05) is 172 Å². The van der Waals surface area contributed by atoms with E-state index in [1.54, 1.807) is 0 Å². The third kappa shape index (κ3) is 4.26. The molecule has 0 saturated carbocycles. The average Bonchev–Trinajstić information content (AvgIpc) is 3.74. The first-order valence-corrected chi connectivity index (χ1v) is 19.6. The fraction of sp³-hybridized carbons (Fsp3) is 0.0545. The Labute approximate surface area is 325 Å². The van der Waals surface area contributed by atoms with Gasteiger partial charge in [-0.25, -0.2) is 0 Å². The SMILES string of the molecule is CC1(C)c2c(-c3c4ccccc4c(-c4cccc(-c5ccc6oc7ccccc7c6c5)c4)c4ccccc34)cccc2-c2c1c1ccccc1c1ccccc21. The summed E-state index contributed by atoms with van der Waals surface area (Å²) >= 11 is 0. The zero-order valence-electron chi connectivity index (χ0n) is 31.2. The van der Waals surface area contributed by atoms with E-state index in [0.717, 1.165) is 21.9 Å². The number of para-hydroxylation sites is 1. The van der Waals surface area contributed by atoms with Crippen LogP contribution in [0.5, 0.6) is 0 Å². The number of furan rings is 1. The Balaban J connectivity index is 1.11. The van der Waals surface area contributed by atoms with Gasteiger partial charge in [0.15, 0.2) is 0 Å². The zero-order chi connectivity index (χ0) is 37.1. The molecule has 0 spiro atoms. The molecule has 1 aliphatic rings. The molecule has 0 bridgehead atoms. The van der Waals surface area contributed by atoms with Gasteiger partial charge in [-0.2, -0.15) is 0 Å². The van der Waals surface area contributed by atoms with Gasteiger partial charge >= 0.3 is 0 Å². The van der Waals surface area contributed by atoms with E-state index in [1.807, 2.05) is 12.1 Å². The predicted octanol–water partition coefficient (Wildman–Crippen LogP) is 15.5. The van der Waals surface area contributed by atoms with E-state index < -0.39 is 0 Å².